The van der Waals surface area contributed by atoms with Gasteiger partial charge in [-0.1, -0.05) is 41.9 Å². The number of hydrogen-bond donors (Lipinski definition) is 3. The van der Waals surface area contributed by atoms with Gasteiger partial charge in [0.1, 0.15) is 41.6 Å². The van der Waals surface area contributed by atoms with E-state index < -0.39 is 17.8 Å². The molecule has 1 amide bonds. The number of nitrogens with one attached hydrogen (secondary N) is 2. The van der Waals surface area contributed by atoms with Gasteiger partial charge >= 0.3 is 6.18 Å². The minimum absolute atomic E-state index is 0.0286. The largest absolute Gasteiger partial charge is 0.493 e. The normalized spacial score (nSPS) is 18.4. The van der Waals surface area contributed by atoms with Crippen molar-refractivity contribution in [3.05, 3.63) is 105 Å². The SMILES string of the molecule is N#Cc1cncc(COc2cc(O[C@H]3CCc4c(-c5cccc(OCCCN6CC(O)C6)c5C(F)(F)F)cccc43)c(Cl)cc2CNCC2CCC(=O)N2)c1. The van der Waals surface area contributed by atoms with Crippen molar-refractivity contribution in [1.29, 1.82) is 5.26 Å². The summed E-state index contributed by atoms with van der Waals surface area (Å²) >= 11 is 6.83. The predicted octanol–water partition coefficient (Wildman–Crippen LogP) is 6.75. The molecule has 2 fully saturated rings. The lowest BCUT2D eigenvalue weighted by Crippen LogP contribution is -2.50. The summed E-state index contributed by atoms with van der Waals surface area (Å²) in [7, 11) is 0. The lowest BCUT2D eigenvalue weighted by atomic mass is 9.92. The quantitative estimate of drug-likeness (QED) is 0.112. The van der Waals surface area contributed by atoms with Crippen LogP contribution < -0.4 is 24.8 Å². The number of halogens is 4. The molecule has 4 aromatic rings. The first-order valence-electron chi connectivity index (χ1n) is 18.4. The summed E-state index contributed by atoms with van der Waals surface area (Å²) in [4.78, 5) is 17.8. The van der Waals surface area contributed by atoms with E-state index in [9.17, 15) is 28.3 Å². The Hall–Kier alpha value is -4.87. The zero-order chi connectivity index (χ0) is 38.5. The zero-order valence-electron chi connectivity index (χ0n) is 30.0. The molecule has 3 aromatic carbocycles. The molecule has 0 spiro atoms. The van der Waals surface area contributed by atoms with Gasteiger partial charge in [-0.25, -0.2) is 0 Å². The number of carbonyl (C=O) groups is 1. The highest BCUT2D eigenvalue weighted by atomic mass is 35.5. The summed E-state index contributed by atoms with van der Waals surface area (Å²) in [6.45, 7) is 2.96. The van der Waals surface area contributed by atoms with Crippen LogP contribution in [0.15, 0.2) is 67.0 Å². The number of ether oxygens (including phenoxy) is 3. The van der Waals surface area contributed by atoms with Gasteiger partial charge in [-0.15, -0.1) is 0 Å². The molecule has 3 heterocycles. The Labute approximate surface area is 322 Å². The molecule has 3 aliphatic rings. The number of hydrogen-bond acceptors (Lipinski definition) is 9. The highest BCUT2D eigenvalue weighted by Crippen LogP contribution is 2.47. The number of β-amino-alcohol motifs (C(OH)–C–C–N with tert-alkyl or cyclic N) is 1. The number of alkyl halides is 3. The van der Waals surface area contributed by atoms with Crippen LogP contribution in [0.5, 0.6) is 17.2 Å². The molecule has 2 saturated heterocycles. The van der Waals surface area contributed by atoms with Crippen LogP contribution >= 0.6 is 11.6 Å². The van der Waals surface area contributed by atoms with E-state index in [0.717, 1.165) is 23.1 Å². The van der Waals surface area contributed by atoms with Crippen LogP contribution in [0.3, 0.4) is 0 Å². The molecule has 1 aromatic heterocycles. The van der Waals surface area contributed by atoms with Crippen LogP contribution in [0.1, 0.15) is 65.2 Å². The monoisotopic (exact) mass is 775 g/mol. The third-order valence-electron chi connectivity index (χ3n) is 10.1. The van der Waals surface area contributed by atoms with Crippen molar-refractivity contribution in [2.75, 3.05) is 32.8 Å². The Bertz CT molecular complexity index is 2070. The second-order valence-electron chi connectivity index (χ2n) is 14.1. The molecule has 0 radical (unpaired) electrons. The van der Waals surface area contributed by atoms with Gasteiger partial charge in [-0.3, -0.25) is 14.7 Å². The lowest BCUT2D eigenvalue weighted by molar-refractivity contribution is -0.138. The molecule has 3 N–H and O–H groups in total. The predicted molar refractivity (Wildman–Crippen MR) is 199 cm³/mol. The molecule has 55 heavy (non-hydrogen) atoms. The molecular weight excluding hydrogens is 735 g/mol. The molecule has 14 heteroatoms. The van der Waals surface area contributed by atoms with Gasteiger partial charge < -0.3 is 30.0 Å². The number of aliphatic hydroxyl groups excluding tert-OH is 1. The number of nitriles is 1. The van der Waals surface area contributed by atoms with E-state index in [4.69, 9.17) is 25.8 Å². The maximum atomic E-state index is 14.7. The molecule has 0 bridgehead atoms. The number of nitrogens with zero attached hydrogens (tertiary/aromatic N) is 3. The van der Waals surface area contributed by atoms with E-state index in [1.54, 1.807) is 42.6 Å². The topological polar surface area (TPSA) is 129 Å². The van der Waals surface area contributed by atoms with Crippen LogP contribution in [0.2, 0.25) is 5.02 Å². The summed E-state index contributed by atoms with van der Waals surface area (Å²) in [6.07, 6.45) is 0.387. The molecule has 288 valence electrons. The molecule has 7 rings (SSSR count). The maximum Gasteiger partial charge on any atom is 0.420 e. The Balaban J connectivity index is 1.11. The van der Waals surface area contributed by atoms with Crippen molar-refractivity contribution in [3.8, 4) is 34.4 Å². The molecule has 10 nitrogen and oxygen atoms in total. The molecular formula is C41H41ClF3N5O5. The second-order valence-corrected chi connectivity index (χ2v) is 14.5. The van der Waals surface area contributed by atoms with Crippen LogP contribution in [0.25, 0.3) is 11.1 Å². The first-order valence-corrected chi connectivity index (χ1v) is 18.7. The van der Waals surface area contributed by atoms with Crippen molar-refractivity contribution in [1.82, 2.24) is 20.5 Å². The van der Waals surface area contributed by atoms with Gasteiger partial charge in [0.05, 0.1) is 23.3 Å². The highest BCUT2D eigenvalue weighted by Gasteiger charge is 2.39. The van der Waals surface area contributed by atoms with Gasteiger partial charge in [0, 0.05) is 74.8 Å². The first kappa shape index (κ1) is 38.4. The minimum Gasteiger partial charge on any atom is -0.493 e. The van der Waals surface area contributed by atoms with E-state index in [1.165, 1.54) is 18.3 Å². The molecule has 0 saturated carbocycles. The summed E-state index contributed by atoms with van der Waals surface area (Å²) in [5.41, 5.74) is 3.10. The average molecular weight is 776 g/mol. The standard InChI is InChI=1S/C41H41ClF3N5O5/c42-34-15-27(20-48-21-28-8-11-39(52)49-28)37(54-24-26-14-25(17-46)18-47-19-26)16-38(34)55-35-10-9-31-30(4-1-5-32(31)35)33-6-2-7-36(40(33)41(43,44)45)53-13-3-12-50-22-29(51)23-50/h1-2,4-7,14-16,18-19,28-29,35,48,51H,3,8-13,20-24H2,(H,49,52)/t28?,35-/m0/s1. The van der Waals surface area contributed by atoms with Crippen LogP contribution in [-0.2, 0) is 30.5 Å². The van der Waals surface area contributed by atoms with Crippen molar-refractivity contribution in [3.63, 3.8) is 0 Å². The number of benzene rings is 3. The molecule has 1 unspecified atom stereocenters. The summed E-state index contributed by atoms with van der Waals surface area (Å²) in [5, 5.41) is 25.5. The van der Waals surface area contributed by atoms with E-state index >= 15 is 0 Å². The molecule has 2 aliphatic heterocycles. The second kappa shape index (κ2) is 16.9. The van der Waals surface area contributed by atoms with Crippen LogP contribution in [0.4, 0.5) is 13.2 Å². The third-order valence-corrected chi connectivity index (χ3v) is 10.4. The summed E-state index contributed by atoms with van der Waals surface area (Å²) < 4.78 is 62.8. The fourth-order valence-corrected chi connectivity index (χ4v) is 7.68. The Morgan fingerprint density at radius 3 is 2.60 bits per heavy atom. The number of fused-ring (bicyclic) bond motifs is 1. The van der Waals surface area contributed by atoms with Gasteiger partial charge in [0.25, 0.3) is 0 Å². The van der Waals surface area contributed by atoms with Gasteiger partial charge in [0.15, 0.2) is 0 Å². The molecule has 1 aliphatic carbocycles. The number of rotatable bonds is 15. The minimum atomic E-state index is -4.66. The van der Waals surface area contributed by atoms with Crippen molar-refractivity contribution in [2.45, 2.75) is 69.7 Å². The number of pyridine rings is 1. The third kappa shape index (κ3) is 9.16. The van der Waals surface area contributed by atoms with Crippen LogP contribution in [0, 0.1) is 11.3 Å². The summed E-state index contributed by atoms with van der Waals surface area (Å²) in [6, 6.07) is 17.0. The Morgan fingerprint density at radius 2 is 1.84 bits per heavy atom. The van der Waals surface area contributed by atoms with Crippen molar-refractivity contribution < 1.29 is 37.3 Å². The van der Waals surface area contributed by atoms with Crippen LogP contribution in [-0.4, -0.2) is 65.8 Å². The average Bonchev–Trinajstić information content (AvgIpc) is 3.77. The van der Waals surface area contributed by atoms with E-state index in [2.05, 4.69) is 21.7 Å². The van der Waals surface area contributed by atoms with Crippen molar-refractivity contribution >= 4 is 17.5 Å². The number of aliphatic hydroxyl groups is 1. The highest BCUT2D eigenvalue weighted by molar-refractivity contribution is 6.32. The zero-order valence-corrected chi connectivity index (χ0v) is 30.8. The van der Waals surface area contributed by atoms with E-state index in [0.29, 0.717) is 91.6 Å². The van der Waals surface area contributed by atoms with Gasteiger partial charge in [-0.2, -0.15) is 18.4 Å². The fourth-order valence-electron chi connectivity index (χ4n) is 7.45. The number of amides is 1. The van der Waals surface area contributed by atoms with E-state index in [1.807, 2.05) is 11.0 Å². The van der Waals surface area contributed by atoms with Gasteiger partial charge in [-0.05, 0) is 66.1 Å². The number of carbonyl (C=O) groups excluding carboxylic acids is 1. The first-order chi connectivity index (χ1) is 26.6. The number of likely N-dealkylation sites (tertiary alicyclic amines) is 1. The maximum absolute atomic E-state index is 14.7. The molecule has 2 atom stereocenters. The van der Waals surface area contributed by atoms with Crippen molar-refractivity contribution in [2.24, 2.45) is 0 Å². The fraction of sp³-hybridized carbons (Fsp3) is 0.390. The summed E-state index contributed by atoms with van der Waals surface area (Å²) in [5.74, 6) is 0.666. The smallest absolute Gasteiger partial charge is 0.420 e. The van der Waals surface area contributed by atoms with Gasteiger partial charge in [0.2, 0.25) is 5.91 Å². The Kier molecular flexibility index (Phi) is 11.8. The lowest BCUT2D eigenvalue weighted by Gasteiger charge is -2.35. The van der Waals surface area contributed by atoms with E-state index in [-0.39, 0.29) is 42.6 Å². The number of aromatic nitrogens is 1. The Morgan fingerprint density at radius 1 is 1.02 bits per heavy atom.